The van der Waals surface area contributed by atoms with Gasteiger partial charge in [0, 0.05) is 15.7 Å². The first-order valence-corrected chi connectivity index (χ1v) is 11.4. The Balaban J connectivity index is 1.53. The van der Waals surface area contributed by atoms with E-state index < -0.39 is 36.9 Å². The zero-order chi connectivity index (χ0) is 22.7. The molecule has 1 aliphatic heterocycles. The van der Waals surface area contributed by atoms with E-state index in [4.69, 9.17) is 14.2 Å². The second-order valence-electron chi connectivity index (χ2n) is 7.25. The highest BCUT2D eigenvalue weighted by atomic mass is 79.9. The van der Waals surface area contributed by atoms with E-state index in [0.29, 0.717) is 30.0 Å². The summed E-state index contributed by atoms with van der Waals surface area (Å²) in [6, 6.07) is 4.83. The molecule has 2 aliphatic rings. The lowest BCUT2D eigenvalue weighted by Crippen LogP contribution is -2.37. The lowest BCUT2D eigenvalue weighted by Gasteiger charge is -2.29. The Labute approximate surface area is 196 Å². The summed E-state index contributed by atoms with van der Waals surface area (Å²) in [6.07, 6.45) is 1.03. The normalized spacial score (nSPS) is 25.1. The molecule has 1 saturated carbocycles. The van der Waals surface area contributed by atoms with Crippen molar-refractivity contribution in [1.29, 1.82) is 0 Å². The van der Waals surface area contributed by atoms with Crippen molar-refractivity contribution in [1.82, 2.24) is 4.90 Å². The fraction of sp³-hybridized carbons (Fsp3) is 0.500. The number of nitrogens with one attached hydrogen (secondary N) is 1. The molecular weight excluding hydrogens is 540 g/mol. The van der Waals surface area contributed by atoms with Gasteiger partial charge in [-0.15, -0.1) is 0 Å². The summed E-state index contributed by atoms with van der Waals surface area (Å²) >= 11 is 7.03. The van der Waals surface area contributed by atoms with Crippen molar-refractivity contribution in [3.63, 3.8) is 0 Å². The number of nitrogens with zero attached hydrogens (tertiary/aromatic N) is 1. The maximum atomic E-state index is 12.6. The Morgan fingerprint density at radius 1 is 1.06 bits per heavy atom. The van der Waals surface area contributed by atoms with Crippen LogP contribution in [0.2, 0.25) is 0 Å². The smallest absolute Gasteiger partial charge is 0.326 e. The quantitative estimate of drug-likeness (QED) is 0.308. The van der Waals surface area contributed by atoms with Gasteiger partial charge in [0.1, 0.15) is 18.0 Å². The van der Waals surface area contributed by atoms with Gasteiger partial charge in [-0.2, -0.15) is 0 Å². The number of fused-ring (bicyclic) bond motifs is 1. The van der Waals surface area contributed by atoms with Gasteiger partial charge < -0.3 is 19.5 Å². The first-order chi connectivity index (χ1) is 14.7. The van der Waals surface area contributed by atoms with Gasteiger partial charge >= 0.3 is 5.97 Å². The number of alkyl halides is 2. The van der Waals surface area contributed by atoms with Crippen LogP contribution in [0.25, 0.3) is 0 Å². The zero-order valence-corrected chi connectivity index (χ0v) is 20.1. The molecule has 1 aliphatic carbocycles. The Morgan fingerprint density at radius 2 is 1.68 bits per heavy atom. The molecule has 1 saturated heterocycles. The molecular formula is C20H22Br2N2O7. The Hall–Kier alpha value is -2.14. The van der Waals surface area contributed by atoms with Gasteiger partial charge in [-0.05, 0) is 25.0 Å². The fourth-order valence-corrected chi connectivity index (χ4v) is 4.97. The summed E-state index contributed by atoms with van der Waals surface area (Å²) < 4.78 is 15.3. The van der Waals surface area contributed by atoms with Gasteiger partial charge in [-0.1, -0.05) is 31.9 Å². The van der Waals surface area contributed by atoms with Crippen LogP contribution in [-0.2, 0) is 23.9 Å². The fourth-order valence-electron chi connectivity index (χ4n) is 3.73. The van der Waals surface area contributed by atoms with Crippen LogP contribution in [0.4, 0.5) is 5.69 Å². The molecule has 0 spiro atoms. The molecule has 9 nitrogen and oxygen atoms in total. The third-order valence-electron chi connectivity index (χ3n) is 5.34. The van der Waals surface area contributed by atoms with Gasteiger partial charge in [-0.3, -0.25) is 24.1 Å². The number of benzene rings is 1. The molecule has 4 atom stereocenters. The maximum absolute atomic E-state index is 12.6. The molecule has 0 radical (unpaired) electrons. The number of halogens is 2. The molecule has 168 valence electrons. The topological polar surface area (TPSA) is 111 Å². The molecule has 3 amide bonds. The van der Waals surface area contributed by atoms with E-state index in [0.717, 1.165) is 4.90 Å². The van der Waals surface area contributed by atoms with Crippen LogP contribution in [-0.4, -0.2) is 65.6 Å². The van der Waals surface area contributed by atoms with Gasteiger partial charge in [0.25, 0.3) is 5.91 Å². The van der Waals surface area contributed by atoms with Crippen molar-refractivity contribution in [2.45, 2.75) is 22.5 Å². The van der Waals surface area contributed by atoms with Crippen LogP contribution in [0.15, 0.2) is 18.2 Å². The number of hydrogen-bond acceptors (Lipinski definition) is 7. The largest absolute Gasteiger partial charge is 0.497 e. The average Bonchev–Trinajstić information content (AvgIpc) is 2.97. The number of anilines is 1. The van der Waals surface area contributed by atoms with Gasteiger partial charge in [-0.25, -0.2) is 0 Å². The van der Waals surface area contributed by atoms with Crippen molar-refractivity contribution in [3.05, 3.63) is 18.2 Å². The predicted octanol–water partition coefficient (Wildman–Crippen LogP) is 2.11. The number of amides is 3. The molecule has 31 heavy (non-hydrogen) atoms. The number of hydrogen-bond donors (Lipinski definition) is 1. The molecule has 0 unspecified atom stereocenters. The van der Waals surface area contributed by atoms with E-state index in [1.807, 2.05) is 0 Å². The molecule has 3 rings (SSSR count). The highest BCUT2D eigenvalue weighted by Crippen LogP contribution is 2.43. The second kappa shape index (κ2) is 9.99. The third kappa shape index (κ3) is 5.20. The molecule has 1 aromatic carbocycles. The lowest BCUT2D eigenvalue weighted by molar-refractivity contribution is -0.154. The summed E-state index contributed by atoms with van der Waals surface area (Å²) in [5.74, 6) is -2.11. The second-order valence-corrected chi connectivity index (χ2v) is 9.61. The van der Waals surface area contributed by atoms with Crippen molar-refractivity contribution >= 4 is 61.2 Å². The molecule has 2 fully saturated rings. The molecule has 0 aromatic heterocycles. The Morgan fingerprint density at radius 3 is 2.23 bits per heavy atom. The number of rotatable bonds is 7. The van der Waals surface area contributed by atoms with Gasteiger partial charge in [0.15, 0.2) is 6.61 Å². The summed E-state index contributed by atoms with van der Waals surface area (Å²) in [6.45, 7) is -1.08. The molecule has 1 N–H and O–H groups in total. The number of methoxy groups -OCH3 is 2. The van der Waals surface area contributed by atoms with Crippen LogP contribution in [0.1, 0.15) is 12.8 Å². The van der Waals surface area contributed by atoms with Crippen LogP contribution in [0.3, 0.4) is 0 Å². The highest BCUT2D eigenvalue weighted by Gasteiger charge is 2.52. The van der Waals surface area contributed by atoms with Gasteiger partial charge in [0.05, 0.1) is 31.7 Å². The minimum atomic E-state index is -0.831. The monoisotopic (exact) mass is 560 g/mol. The lowest BCUT2D eigenvalue weighted by atomic mass is 9.81. The first kappa shape index (κ1) is 23.5. The number of carbonyl (C=O) groups excluding carboxylic acids is 4. The Kier molecular flexibility index (Phi) is 7.58. The standard InChI is InChI=1S/C20H22Br2N2O7/c1-29-10-3-4-15(16(5-10)30-2)23-17(25)9-31-18(26)8-24-19(27)11-6-13(21)14(22)7-12(11)20(24)28/h3-5,11-14H,6-9H2,1-2H3,(H,23,25)/t11-,12-,13+,14+/m1/s1. The van der Waals surface area contributed by atoms with Crippen LogP contribution < -0.4 is 14.8 Å². The average molecular weight is 562 g/mol. The molecule has 11 heteroatoms. The summed E-state index contributed by atoms with van der Waals surface area (Å²) in [7, 11) is 2.95. The Bertz CT molecular complexity index is 866. The molecule has 0 bridgehead atoms. The summed E-state index contributed by atoms with van der Waals surface area (Å²) in [5, 5.41) is 2.58. The third-order valence-corrected chi connectivity index (χ3v) is 8.07. The first-order valence-electron chi connectivity index (χ1n) is 9.56. The molecule has 1 heterocycles. The zero-order valence-electron chi connectivity index (χ0n) is 16.9. The van der Waals surface area contributed by atoms with Gasteiger partial charge in [0.2, 0.25) is 11.8 Å². The number of imide groups is 1. The van der Waals surface area contributed by atoms with Crippen molar-refractivity contribution in [2.75, 3.05) is 32.7 Å². The maximum Gasteiger partial charge on any atom is 0.326 e. The van der Waals surface area contributed by atoms with E-state index in [9.17, 15) is 19.2 Å². The van der Waals surface area contributed by atoms with Crippen LogP contribution in [0, 0.1) is 11.8 Å². The van der Waals surface area contributed by atoms with Crippen molar-refractivity contribution < 1.29 is 33.4 Å². The van der Waals surface area contributed by atoms with E-state index in [1.54, 1.807) is 18.2 Å². The van der Waals surface area contributed by atoms with Crippen LogP contribution >= 0.6 is 31.9 Å². The van der Waals surface area contributed by atoms with E-state index in [1.165, 1.54) is 14.2 Å². The van der Waals surface area contributed by atoms with Crippen molar-refractivity contribution in [3.8, 4) is 11.5 Å². The predicted molar refractivity (Wildman–Crippen MR) is 117 cm³/mol. The number of likely N-dealkylation sites (tertiary alicyclic amines) is 1. The summed E-state index contributed by atoms with van der Waals surface area (Å²) in [5.41, 5.74) is 0.381. The minimum absolute atomic E-state index is 0.0797. The van der Waals surface area contributed by atoms with Crippen LogP contribution in [0.5, 0.6) is 11.5 Å². The molecule has 1 aromatic rings. The SMILES string of the molecule is COc1ccc(NC(=O)COC(=O)CN2C(=O)[C@@H]3C[C@H](Br)[C@@H](Br)C[C@H]3C2=O)c(OC)c1. The van der Waals surface area contributed by atoms with E-state index in [2.05, 4.69) is 37.2 Å². The number of carbonyl (C=O) groups is 4. The number of ether oxygens (including phenoxy) is 3. The van der Waals surface area contributed by atoms with E-state index >= 15 is 0 Å². The number of esters is 1. The summed E-state index contributed by atoms with van der Waals surface area (Å²) in [4.78, 5) is 50.6. The van der Waals surface area contributed by atoms with Crippen molar-refractivity contribution in [2.24, 2.45) is 11.8 Å². The van der Waals surface area contributed by atoms with E-state index in [-0.39, 0.29) is 21.5 Å². The minimum Gasteiger partial charge on any atom is -0.497 e. The highest BCUT2D eigenvalue weighted by molar-refractivity contribution is 9.12.